The van der Waals surface area contributed by atoms with Crippen LogP contribution in [0, 0.1) is 23.5 Å². The molecule has 1 saturated carbocycles. The van der Waals surface area contributed by atoms with Crippen molar-refractivity contribution < 1.29 is 17.9 Å². The van der Waals surface area contributed by atoms with Crippen molar-refractivity contribution in [2.45, 2.75) is 49.1 Å². The van der Waals surface area contributed by atoms with E-state index in [9.17, 15) is 17.9 Å². The lowest BCUT2D eigenvalue weighted by atomic mass is 9.94. The molecule has 1 aliphatic rings. The van der Waals surface area contributed by atoms with Crippen LogP contribution in [0.5, 0.6) is 0 Å². The number of aryl methyl sites for hydroxylation is 1. The second-order valence-corrected chi connectivity index (χ2v) is 14.9. The van der Waals surface area contributed by atoms with E-state index in [1.165, 1.54) is 18.4 Å². The molecule has 2 N–H and O–H groups in total. The van der Waals surface area contributed by atoms with Gasteiger partial charge >= 0.3 is 0 Å². The summed E-state index contributed by atoms with van der Waals surface area (Å²) in [5.41, 5.74) is 3.71. The Morgan fingerprint density at radius 1 is 1.12 bits per heavy atom. The normalized spacial score (nSPS) is 15.6. The molecule has 0 aliphatic heterocycles. The fourth-order valence-electron chi connectivity index (χ4n) is 5.10. The standard InChI is InChI=1S/C31H32ClF2N5O2S2/c1-31(2,43(41)22-7-8-22)13-12-21-6-9-23(28(36-21)26(35-3)16-18-14-19(33)17-20(34)15-18)24-10-11-25(32)27-29(24)39(4)37-30(27)38-42(5)40/h6,9-11,14-15,17,22,26,35H,7-8,16H2,1-5H3,(H,37,38). The molecule has 3 atom stereocenters. The number of pyridine rings is 1. The molecule has 1 fully saturated rings. The lowest BCUT2D eigenvalue weighted by molar-refractivity contribution is 0.555. The second-order valence-electron chi connectivity index (χ2n) is 11.1. The van der Waals surface area contributed by atoms with E-state index in [2.05, 4.69) is 27.0 Å². The summed E-state index contributed by atoms with van der Waals surface area (Å²) >= 11 is 4.15. The Hall–Kier alpha value is -2.85. The van der Waals surface area contributed by atoms with E-state index >= 15 is 0 Å². The van der Waals surface area contributed by atoms with E-state index in [1.807, 2.05) is 26.0 Å². The van der Waals surface area contributed by atoms with Gasteiger partial charge in [0.05, 0.1) is 39.0 Å². The molecular formula is C31H32ClF2N5O2S2. The smallest absolute Gasteiger partial charge is 0.200 e. The first-order chi connectivity index (χ1) is 20.4. The van der Waals surface area contributed by atoms with Gasteiger partial charge in [-0.2, -0.15) is 9.82 Å². The Morgan fingerprint density at radius 2 is 1.79 bits per heavy atom. The lowest BCUT2D eigenvalue weighted by Gasteiger charge is -2.23. The number of benzene rings is 2. The number of halogens is 3. The van der Waals surface area contributed by atoms with Crippen molar-refractivity contribution in [1.29, 1.82) is 0 Å². The number of likely N-dealkylation sites (N-methyl/N-ethyl adjacent to an activating group) is 1. The number of aromatic nitrogens is 3. The van der Waals surface area contributed by atoms with Crippen LogP contribution in [-0.2, 0) is 36.0 Å². The van der Waals surface area contributed by atoms with E-state index < -0.39 is 45.0 Å². The summed E-state index contributed by atoms with van der Waals surface area (Å²) in [6, 6.07) is 10.3. The van der Waals surface area contributed by atoms with E-state index in [0.29, 0.717) is 38.7 Å². The highest BCUT2D eigenvalue weighted by Gasteiger charge is 2.43. The molecule has 3 unspecified atom stereocenters. The fraction of sp³-hybridized carbons (Fsp3) is 0.355. The maximum atomic E-state index is 14.1. The predicted octanol–water partition coefficient (Wildman–Crippen LogP) is 5.82. The number of rotatable bonds is 9. The maximum Gasteiger partial charge on any atom is 0.200 e. The van der Waals surface area contributed by atoms with Gasteiger partial charge in [-0.25, -0.2) is 13.8 Å². The molecule has 0 bridgehead atoms. The van der Waals surface area contributed by atoms with Crippen molar-refractivity contribution in [1.82, 2.24) is 20.1 Å². The zero-order valence-electron chi connectivity index (χ0n) is 24.4. The number of nitrogens with zero attached hydrogens (tertiary/aromatic N) is 3. The van der Waals surface area contributed by atoms with Crippen molar-refractivity contribution >= 4 is 50.9 Å². The van der Waals surface area contributed by atoms with Crippen molar-refractivity contribution in [3.63, 3.8) is 0 Å². The SMILES string of the molecule is CNC(Cc1cc(F)cc(F)c1)c1nc(C#CC(C)(C)[S+]([O-])C2CC2)ccc1-c1ccc(Cl)c2c(N[S+](C)[O-])nn(C)c12. The van der Waals surface area contributed by atoms with Crippen LogP contribution in [0.15, 0.2) is 42.5 Å². The molecular weight excluding hydrogens is 612 g/mol. The van der Waals surface area contributed by atoms with Crippen LogP contribution in [-0.4, -0.2) is 47.2 Å². The molecule has 0 radical (unpaired) electrons. The monoisotopic (exact) mass is 643 g/mol. The minimum absolute atomic E-state index is 0.186. The number of hydrogen-bond acceptors (Lipinski definition) is 6. The Balaban J connectivity index is 1.66. The highest BCUT2D eigenvalue weighted by Crippen LogP contribution is 2.40. The number of anilines is 1. The largest absolute Gasteiger partial charge is 0.615 e. The molecule has 5 rings (SSSR count). The van der Waals surface area contributed by atoms with E-state index in [1.54, 1.807) is 30.9 Å². The predicted molar refractivity (Wildman–Crippen MR) is 171 cm³/mol. The highest BCUT2D eigenvalue weighted by molar-refractivity contribution is 7.93. The molecule has 0 spiro atoms. The Kier molecular flexibility index (Phi) is 9.28. The minimum atomic E-state index is -1.38. The minimum Gasteiger partial charge on any atom is -0.615 e. The fourth-order valence-corrected chi connectivity index (χ4v) is 7.31. The average molecular weight is 644 g/mol. The van der Waals surface area contributed by atoms with Gasteiger partial charge in [0.2, 0.25) is 5.82 Å². The number of nitrogens with one attached hydrogen (secondary N) is 2. The van der Waals surface area contributed by atoms with Crippen molar-refractivity contribution in [3.05, 3.63) is 76.1 Å². The van der Waals surface area contributed by atoms with E-state index in [-0.39, 0.29) is 11.7 Å². The zero-order chi connectivity index (χ0) is 31.1. The zero-order valence-corrected chi connectivity index (χ0v) is 26.8. The molecule has 2 aromatic carbocycles. The summed E-state index contributed by atoms with van der Waals surface area (Å²) in [6.45, 7) is 3.75. The van der Waals surface area contributed by atoms with Crippen LogP contribution in [0.1, 0.15) is 49.7 Å². The van der Waals surface area contributed by atoms with Crippen LogP contribution < -0.4 is 10.0 Å². The van der Waals surface area contributed by atoms with Crippen LogP contribution in [0.2, 0.25) is 5.02 Å². The summed E-state index contributed by atoms with van der Waals surface area (Å²) < 4.78 is 56.9. The second kappa shape index (κ2) is 12.6. The molecule has 0 amide bonds. The topological polar surface area (TPSA) is 101 Å². The first kappa shape index (κ1) is 31.6. The number of hydrogen-bond donors (Lipinski definition) is 2. The highest BCUT2D eigenvalue weighted by atomic mass is 35.5. The average Bonchev–Trinajstić information content (AvgIpc) is 3.73. The molecule has 7 nitrogen and oxygen atoms in total. The summed E-state index contributed by atoms with van der Waals surface area (Å²) in [7, 11) is 3.53. The van der Waals surface area contributed by atoms with Gasteiger partial charge in [-0.3, -0.25) is 4.68 Å². The van der Waals surface area contributed by atoms with Crippen LogP contribution in [0.3, 0.4) is 0 Å². The van der Waals surface area contributed by atoms with Gasteiger partial charge in [-0.15, -0.1) is 0 Å². The summed E-state index contributed by atoms with van der Waals surface area (Å²) in [4.78, 5) is 4.95. The molecule has 1 aliphatic carbocycles. The molecule has 43 heavy (non-hydrogen) atoms. The summed E-state index contributed by atoms with van der Waals surface area (Å²) in [5, 5.41) is 9.00. The van der Waals surface area contributed by atoms with Gasteiger partial charge in [0.1, 0.15) is 28.8 Å². The summed E-state index contributed by atoms with van der Waals surface area (Å²) in [5.74, 6) is 5.36. The molecule has 2 heterocycles. The van der Waals surface area contributed by atoms with Crippen molar-refractivity contribution in [2.24, 2.45) is 7.05 Å². The molecule has 4 aromatic rings. The van der Waals surface area contributed by atoms with Gasteiger partial charge in [-0.05, 0) is 99.1 Å². The molecule has 12 heteroatoms. The van der Waals surface area contributed by atoms with Gasteiger partial charge in [-0.1, -0.05) is 17.7 Å². The van der Waals surface area contributed by atoms with Gasteiger partial charge in [0.25, 0.3) is 0 Å². The van der Waals surface area contributed by atoms with Crippen LogP contribution in [0.4, 0.5) is 14.6 Å². The Morgan fingerprint density at radius 3 is 2.42 bits per heavy atom. The maximum absolute atomic E-state index is 14.1. The van der Waals surface area contributed by atoms with Crippen LogP contribution >= 0.6 is 11.6 Å². The molecule has 226 valence electrons. The molecule has 0 saturated heterocycles. The quantitative estimate of drug-likeness (QED) is 0.176. The third-order valence-corrected chi connectivity index (χ3v) is 10.2. The molecule has 2 aromatic heterocycles. The van der Waals surface area contributed by atoms with Gasteiger partial charge in [0, 0.05) is 24.2 Å². The van der Waals surface area contributed by atoms with Crippen LogP contribution in [0.25, 0.3) is 22.0 Å². The Labute approximate surface area is 261 Å². The lowest BCUT2D eigenvalue weighted by Crippen LogP contribution is -2.33. The van der Waals surface area contributed by atoms with Crippen molar-refractivity contribution in [3.8, 4) is 23.0 Å². The summed E-state index contributed by atoms with van der Waals surface area (Å²) in [6.07, 6.45) is 3.65. The van der Waals surface area contributed by atoms with E-state index in [4.69, 9.17) is 16.6 Å². The third kappa shape index (κ3) is 6.95. The number of fused-ring (bicyclic) bond motifs is 1. The third-order valence-electron chi connectivity index (χ3n) is 7.26. The Bertz CT molecular complexity index is 1710. The van der Waals surface area contributed by atoms with Crippen molar-refractivity contribution in [2.75, 3.05) is 18.0 Å². The first-order valence-electron chi connectivity index (χ1n) is 13.7. The van der Waals surface area contributed by atoms with Gasteiger partial charge < -0.3 is 14.4 Å². The van der Waals surface area contributed by atoms with Gasteiger partial charge in [0.15, 0.2) is 4.75 Å². The van der Waals surface area contributed by atoms with E-state index in [0.717, 1.165) is 30.0 Å². The first-order valence-corrected chi connectivity index (χ1v) is 16.9.